The first-order valence-electron chi connectivity index (χ1n) is 7.53. The Morgan fingerprint density at radius 1 is 1.43 bits per heavy atom. The number of carbonyl (C=O) groups is 1. The van der Waals surface area contributed by atoms with E-state index in [9.17, 15) is 9.90 Å². The fourth-order valence-corrected chi connectivity index (χ4v) is 2.21. The highest BCUT2D eigenvalue weighted by Crippen LogP contribution is 2.38. The molecule has 6 nitrogen and oxygen atoms in total. The fourth-order valence-electron chi connectivity index (χ4n) is 2.21. The summed E-state index contributed by atoms with van der Waals surface area (Å²) in [5.41, 5.74) is 1.86. The van der Waals surface area contributed by atoms with Crippen molar-refractivity contribution >= 4 is 5.91 Å². The molecule has 1 atom stereocenters. The molecule has 1 aromatic rings. The van der Waals surface area contributed by atoms with Crippen LogP contribution in [0.15, 0.2) is 36.4 Å². The average Bonchev–Trinajstić information content (AvgIpc) is 2.56. The summed E-state index contributed by atoms with van der Waals surface area (Å²) < 4.78 is 5.36. The molecule has 4 N–H and O–H groups in total. The Balaban J connectivity index is 2.68. The van der Waals surface area contributed by atoms with Gasteiger partial charge in [-0.2, -0.15) is 0 Å². The van der Waals surface area contributed by atoms with Crippen molar-refractivity contribution in [2.45, 2.75) is 32.8 Å². The largest absolute Gasteiger partial charge is 0.491 e. The Kier molecular flexibility index (Phi) is 7.74. The van der Waals surface area contributed by atoms with Gasteiger partial charge in [0.1, 0.15) is 12.4 Å². The quantitative estimate of drug-likeness (QED) is 0.316. The molecular weight excluding hydrogens is 298 g/mol. The monoisotopic (exact) mass is 323 g/mol. The SMILES string of the molecule is CC(C)(CC/C=C/C(=O)NO)[C@@H](O)c1cccc(OCCO)c1. The minimum atomic E-state index is -0.694. The molecule has 1 amide bonds. The molecule has 0 spiro atoms. The first-order chi connectivity index (χ1) is 10.9. The smallest absolute Gasteiger partial charge is 0.267 e. The van der Waals surface area contributed by atoms with Gasteiger partial charge in [0.05, 0.1) is 12.7 Å². The van der Waals surface area contributed by atoms with Crippen molar-refractivity contribution in [3.63, 3.8) is 0 Å². The molecule has 0 aliphatic heterocycles. The average molecular weight is 323 g/mol. The molecule has 1 aromatic carbocycles. The van der Waals surface area contributed by atoms with Crippen LogP contribution in [0.4, 0.5) is 0 Å². The summed E-state index contributed by atoms with van der Waals surface area (Å²) in [4.78, 5) is 10.9. The number of carbonyl (C=O) groups excluding carboxylic acids is 1. The van der Waals surface area contributed by atoms with Gasteiger partial charge in [0.2, 0.25) is 0 Å². The zero-order chi connectivity index (χ0) is 17.3. The molecular formula is C17H25NO5. The Bertz CT molecular complexity index is 527. The van der Waals surface area contributed by atoms with Crippen LogP contribution in [0, 0.1) is 5.41 Å². The summed E-state index contributed by atoms with van der Waals surface area (Å²) in [5.74, 6) is 0.0306. The maximum atomic E-state index is 10.9. The van der Waals surface area contributed by atoms with Gasteiger partial charge in [-0.3, -0.25) is 10.0 Å². The van der Waals surface area contributed by atoms with E-state index in [0.717, 1.165) is 5.56 Å². The van der Waals surface area contributed by atoms with E-state index in [1.165, 1.54) is 11.6 Å². The van der Waals surface area contributed by atoms with Crippen molar-refractivity contribution in [2.75, 3.05) is 13.2 Å². The molecule has 1 rings (SSSR count). The van der Waals surface area contributed by atoms with Crippen LogP contribution < -0.4 is 10.2 Å². The Morgan fingerprint density at radius 3 is 2.83 bits per heavy atom. The standard InChI is InChI=1S/C17H25NO5/c1-17(2,9-4-3-8-15(20)18-22)16(21)13-6-5-7-14(12-13)23-11-10-19/h3,5-8,12,16,19,21-22H,4,9-11H2,1-2H3,(H,18,20)/b8-3+/t16-/m0/s1. The molecule has 0 heterocycles. The van der Waals surface area contributed by atoms with Crippen LogP contribution in [-0.2, 0) is 4.79 Å². The number of hydroxylamine groups is 1. The lowest BCUT2D eigenvalue weighted by atomic mass is 9.79. The molecule has 0 radical (unpaired) electrons. The molecule has 0 saturated heterocycles. The molecule has 0 unspecified atom stereocenters. The third-order valence-electron chi connectivity index (χ3n) is 3.61. The van der Waals surface area contributed by atoms with E-state index in [2.05, 4.69) is 0 Å². The second-order valence-electron chi connectivity index (χ2n) is 5.95. The molecule has 0 aromatic heterocycles. The third kappa shape index (κ3) is 6.40. The van der Waals surface area contributed by atoms with Crippen LogP contribution in [-0.4, -0.2) is 34.5 Å². The zero-order valence-electron chi connectivity index (χ0n) is 13.5. The number of hydrogen-bond donors (Lipinski definition) is 4. The van der Waals surface area contributed by atoms with E-state index < -0.39 is 17.4 Å². The number of benzene rings is 1. The molecule has 6 heteroatoms. The lowest BCUT2D eigenvalue weighted by molar-refractivity contribution is -0.124. The highest BCUT2D eigenvalue weighted by Gasteiger charge is 2.28. The number of amides is 1. The van der Waals surface area contributed by atoms with E-state index >= 15 is 0 Å². The van der Waals surface area contributed by atoms with E-state index in [1.807, 2.05) is 19.9 Å². The van der Waals surface area contributed by atoms with Gasteiger partial charge in [0, 0.05) is 6.08 Å². The number of hydrogen-bond acceptors (Lipinski definition) is 5. The summed E-state index contributed by atoms with van der Waals surface area (Å²) >= 11 is 0. The number of allylic oxidation sites excluding steroid dienone is 1. The van der Waals surface area contributed by atoms with Gasteiger partial charge >= 0.3 is 0 Å². The van der Waals surface area contributed by atoms with E-state index in [4.69, 9.17) is 15.1 Å². The van der Waals surface area contributed by atoms with Crippen LogP contribution in [0.1, 0.15) is 38.4 Å². The van der Waals surface area contributed by atoms with Crippen LogP contribution in [0.25, 0.3) is 0 Å². The molecule has 23 heavy (non-hydrogen) atoms. The molecule has 0 saturated carbocycles. The van der Waals surface area contributed by atoms with Crippen molar-refractivity contribution in [3.8, 4) is 5.75 Å². The van der Waals surface area contributed by atoms with E-state index in [1.54, 1.807) is 24.3 Å². The minimum absolute atomic E-state index is 0.0635. The van der Waals surface area contributed by atoms with Gasteiger partial charge in [0.15, 0.2) is 0 Å². The Hall–Kier alpha value is -1.89. The van der Waals surface area contributed by atoms with Gasteiger partial charge < -0.3 is 14.9 Å². The molecule has 0 aliphatic carbocycles. The van der Waals surface area contributed by atoms with Crippen molar-refractivity contribution in [3.05, 3.63) is 42.0 Å². The second-order valence-corrected chi connectivity index (χ2v) is 5.95. The van der Waals surface area contributed by atoms with Crippen LogP contribution >= 0.6 is 0 Å². The molecule has 0 aliphatic rings. The zero-order valence-corrected chi connectivity index (χ0v) is 13.5. The van der Waals surface area contributed by atoms with E-state index in [-0.39, 0.29) is 13.2 Å². The highest BCUT2D eigenvalue weighted by atomic mass is 16.5. The fraction of sp³-hybridized carbons (Fsp3) is 0.471. The van der Waals surface area contributed by atoms with Crippen molar-refractivity contribution < 1.29 is 25.0 Å². The van der Waals surface area contributed by atoms with Crippen LogP contribution in [0.5, 0.6) is 5.75 Å². The van der Waals surface area contributed by atoms with Gasteiger partial charge in [-0.1, -0.05) is 32.1 Å². The van der Waals surface area contributed by atoms with Crippen LogP contribution in [0.2, 0.25) is 0 Å². The van der Waals surface area contributed by atoms with Crippen molar-refractivity contribution in [1.82, 2.24) is 5.48 Å². The summed E-state index contributed by atoms with van der Waals surface area (Å²) in [6.45, 7) is 4.03. The summed E-state index contributed by atoms with van der Waals surface area (Å²) in [6, 6.07) is 7.16. The predicted octanol–water partition coefficient (Wildman–Crippen LogP) is 1.96. The first kappa shape index (κ1) is 19.2. The van der Waals surface area contributed by atoms with Crippen LogP contribution in [0.3, 0.4) is 0 Å². The Morgan fingerprint density at radius 2 is 2.17 bits per heavy atom. The second kappa shape index (κ2) is 9.29. The van der Waals surface area contributed by atoms with E-state index in [0.29, 0.717) is 18.6 Å². The molecule has 128 valence electrons. The number of aliphatic hydroxyl groups is 2. The highest BCUT2D eigenvalue weighted by molar-refractivity contribution is 5.86. The van der Waals surface area contributed by atoms with Gasteiger partial charge in [0.25, 0.3) is 5.91 Å². The minimum Gasteiger partial charge on any atom is -0.491 e. The Labute approximate surface area is 136 Å². The third-order valence-corrected chi connectivity index (χ3v) is 3.61. The summed E-state index contributed by atoms with van der Waals surface area (Å²) in [6.07, 6.45) is 3.47. The molecule has 0 fully saturated rings. The van der Waals surface area contributed by atoms with Gasteiger partial charge in [-0.25, -0.2) is 5.48 Å². The maximum Gasteiger partial charge on any atom is 0.267 e. The maximum absolute atomic E-state index is 10.9. The number of nitrogens with one attached hydrogen (secondary N) is 1. The first-order valence-corrected chi connectivity index (χ1v) is 7.53. The van der Waals surface area contributed by atoms with Crippen molar-refractivity contribution in [1.29, 1.82) is 0 Å². The predicted molar refractivity (Wildman–Crippen MR) is 86.1 cm³/mol. The summed E-state index contributed by atoms with van der Waals surface area (Å²) in [7, 11) is 0. The van der Waals surface area contributed by atoms with Crippen molar-refractivity contribution in [2.24, 2.45) is 5.41 Å². The molecule has 0 bridgehead atoms. The topological polar surface area (TPSA) is 99.0 Å². The number of ether oxygens (including phenoxy) is 1. The van der Waals surface area contributed by atoms with Gasteiger partial charge in [-0.15, -0.1) is 0 Å². The van der Waals surface area contributed by atoms with Gasteiger partial charge in [-0.05, 0) is 36.0 Å². The lowest BCUT2D eigenvalue weighted by Gasteiger charge is -2.30. The lowest BCUT2D eigenvalue weighted by Crippen LogP contribution is -2.22. The normalized spacial score (nSPS) is 13.1. The number of aliphatic hydroxyl groups excluding tert-OH is 2. The summed E-state index contributed by atoms with van der Waals surface area (Å²) in [5, 5.41) is 27.8. The number of rotatable bonds is 9.